The van der Waals surface area contributed by atoms with Crippen LogP contribution in [0.2, 0.25) is 0 Å². The van der Waals surface area contributed by atoms with Crippen molar-refractivity contribution in [2.45, 2.75) is 24.8 Å². The molecule has 1 atom stereocenters. The second kappa shape index (κ2) is 6.56. The molecule has 1 aliphatic heterocycles. The topological polar surface area (TPSA) is 50.3 Å². The molecule has 1 aliphatic carbocycles. The summed E-state index contributed by atoms with van der Waals surface area (Å²) < 4.78 is 5.40. The van der Waals surface area contributed by atoms with Crippen LogP contribution >= 0.6 is 12.2 Å². The third kappa shape index (κ3) is 3.71. The maximum Gasteiger partial charge on any atom is 0.0861 e. The summed E-state index contributed by atoms with van der Waals surface area (Å²) in [6.07, 6.45) is 7.72. The van der Waals surface area contributed by atoms with E-state index in [1.807, 2.05) is 6.20 Å². The molecular formula is C14H20N4OS. The summed E-state index contributed by atoms with van der Waals surface area (Å²) in [6, 6.07) is 0.575. The van der Waals surface area contributed by atoms with Crippen molar-refractivity contribution in [1.29, 1.82) is 0 Å². The normalized spacial score (nSPS) is 21.4. The molecule has 2 fully saturated rings. The summed E-state index contributed by atoms with van der Waals surface area (Å²) in [4.78, 5) is 11.9. The number of morpholine rings is 1. The molecule has 108 valence electrons. The SMILES string of the molecule is S=C(NC1CC1)C(CN1CCOCC1)c1cnccn1. The fraction of sp³-hybridized carbons (Fsp3) is 0.643. The van der Waals surface area contributed by atoms with Crippen molar-refractivity contribution >= 4 is 17.2 Å². The molecule has 3 rings (SSSR count). The smallest absolute Gasteiger partial charge is 0.0861 e. The Labute approximate surface area is 124 Å². The van der Waals surface area contributed by atoms with Crippen molar-refractivity contribution < 1.29 is 4.74 Å². The predicted octanol–water partition coefficient (Wildman–Crippen LogP) is 0.972. The molecular weight excluding hydrogens is 272 g/mol. The van der Waals surface area contributed by atoms with E-state index in [1.54, 1.807) is 12.4 Å². The van der Waals surface area contributed by atoms with E-state index in [0.717, 1.165) is 43.5 Å². The molecule has 2 aliphatic rings. The number of ether oxygens (including phenoxy) is 1. The first-order valence-electron chi connectivity index (χ1n) is 7.19. The highest BCUT2D eigenvalue weighted by Crippen LogP contribution is 2.23. The second-order valence-electron chi connectivity index (χ2n) is 5.38. The average molecular weight is 292 g/mol. The quantitative estimate of drug-likeness (QED) is 0.816. The van der Waals surface area contributed by atoms with E-state index in [0.29, 0.717) is 6.04 Å². The van der Waals surface area contributed by atoms with Crippen molar-refractivity contribution in [2.24, 2.45) is 0 Å². The largest absolute Gasteiger partial charge is 0.379 e. The highest BCUT2D eigenvalue weighted by molar-refractivity contribution is 7.80. The third-order valence-corrected chi connectivity index (χ3v) is 4.13. The van der Waals surface area contributed by atoms with Crippen LogP contribution in [0.4, 0.5) is 0 Å². The van der Waals surface area contributed by atoms with Gasteiger partial charge in [-0.25, -0.2) is 0 Å². The van der Waals surface area contributed by atoms with Crippen LogP contribution in [0.1, 0.15) is 24.5 Å². The van der Waals surface area contributed by atoms with Gasteiger partial charge in [0, 0.05) is 44.3 Å². The molecule has 6 heteroatoms. The summed E-state index contributed by atoms with van der Waals surface area (Å²) in [5.74, 6) is 0.123. The first kappa shape index (κ1) is 13.9. The molecule has 5 nitrogen and oxygen atoms in total. The maximum atomic E-state index is 5.61. The summed E-state index contributed by atoms with van der Waals surface area (Å²) in [7, 11) is 0. The van der Waals surface area contributed by atoms with Gasteiger partial charge >= 0.3 is 0 Å². The van der Waals surface area contributed by atoms with E-state index in [-0.39, 0.29) is 5.92 Å². The Kier molecular flexibility index (Phi) is 4.54. The van der Waals surface area contributed by atoms with Gasteiger partial charge in [-0.1, -0.05) is 12.2 Å². The first-order chi connectivity index (χ1) is 9.83. The van der Waals surface area contributed by atoms with Gasteiger partial charge < -0.3 is 10.1 Å². The average Bonchev–Trinajstić information content (AvgIpc) is 3.30. The number of thiocarbonyl (C=S) groups is 1. The zero-order valence-electron chi connectivity index (χ0n) is 11.5. The minimum absolute atomic E-state index is 0.123. The molecule has 2 heterocycles. The molecule has 1 aromatic heterocycles. The zero-order chi connectivity index (χ0) is 13.8. The van der Waals surface area contributed by atoms with Gasteiger partial charge in [-0.05, 0) is 12.8 Å². The monoisotopic (exact) mass is 292 g/mol. The number of nitrogens with zero attached hydrogens (tertiary/aromatic N) is 3. The number of rotatable bonds is 5. The van der Waals surface area contributed by atoms with E-state index in [2.05, 4.69) is 20.2 Å². The van der Waals surface area contributed by atoms with E-state index < -0.39 is 0 Å². The van der Waals surface area contributed by atoms with Gasteiger partial charge in [-0.15, -0.1) is 0 Å². The molecule has 1 saturated heterocycles. The lowest BCUT2D eigenvalue weighted by molar-refractivity contribution is 0.0372. The predicted molar refractivity (Wildman–Crippen MR) is 80.8 cm³/mol. The molecule has 0 bridgehead atoms. The zero-order valence-corrected chi connectivity index (χ0v) is 12.3. The van der Waals surface area contributed by atoms with Crippen LogP contribution in [0.5, 0.6) is 0 Å². The van der Waals surface area contributed by atoms with Gasteiger partial charge in [0.1, 0.15) is 0 Å². The maximum absolute atomic E-state index is 5.61. The second-order valence-corrected chi connectivity index (χ2v) is 5.82. The Hall–Kier alpha value is -1.11. The van der Waals surface area contributed by atoms with Crippen LogP contribution in [0, 0.1) is 0 Å². The molecule has 1 unspecified atom stereocenters. The fourth-order valence-electron chi connectivity index (χ4n) is 2.37. The first-order valence-corrected chi connectivity index (χ1v) is 7.60. The lowest BCUT2D eigenvalue weighted by atomic mass is 10.0. The Morgan fingerprint density at radius 3 is 2.85 bits per heavy atom. The molecule has 0 amide bonds. The Morgan fingerprint density at radius 2 is 2.20 bits per heavy atom. The van der Waals surface area contributed by atoms with E-state index in [1.165, 1.54) is 12.8 Å². The van der Waals surface area contributed by atoms with E-state index in [9.17, 15) is 0 Å². The summed E-state index contributed by atoms with van der Waals surface area (Å²) in [6.45, 7) is 4.41. The molecule has 0 spiro atoms. The van der Waals surface area contributed by atoms with Gasteiger partial charge in [-0.2, -0.15) is 0 Å². The molecule has 0 aromatic carbocycles. The minimum Gasteiger partial charge on any atom is -0.379 e. The van der Waals surface area contributed by atoms with Gasteiger partial charge in [0.15, 0.2) is 0 Å². The Bertz CT molecular complexity index is 446. The molecule has 1 N–H and O–H groups in total. The summed E-state index contributed by atoms with van der Waals surface area (Å²) in [5.41, 5.74) is 0.956. The third-order valence-electron chi connectivity index (χ3n) is 3.72. The van der Waals surface area contributed by atoms with E-state index in [4.69, 9.17) is 17.0 Å². The van der Waals surface area contributed by atoms with E-state index >= 15 is 0 Å². The number of hydrogen-bond donors (Lipinski definition) is 1. The summed E-state index contributed by atoms with van der Waals surface area (Å²) in [5, 5.41) is 3.45. The minimum atomic E-state index is 0.123. The lowest BCUT2D eigenvalue weighted by Crippen LogP contribution is -2.42. The molecule has 20 heavy (non-hydrogen) atoms. The molecule has 1 saturated carbocycles. The number of nitrogens with one attached hydrogen (secondary N) is 1. The number of aromatic nitrogens is 2. The fourth-order valence-corrected chi connectivity index (χ4v) is 2.73. The highest BCUT2D eigenvalue weighted by Gasteiger charge is 2.28. The van der Waals surface area contributed by atoms with Gasteiger partial charge in [0.25, 0.3) is 0 Å². The Balaban J connectivity index is 1.69. The van der Waals surface area contributed by atoms with Crippen LogP contribution < -0.4 is 5.32 Å². The van der Waals surface area contributed by atoms with Crippen LogP contribution in [0.25, 0.3) is 0 Å². The number of hydrogen-bond acceptors (Lipinski definition) is 5. The van der Waals surface area contributed by atoms with Crippen LogP contribution in [0.3, 0.4) is 0 Å². The lowest BCUT2D eigenvalue weighted by Gasteiger charge is -2.30. The standard InChI is InChI=1S/C14H20N4OS/c20-14(17-11-1-2-11)12(13-9-15-3-4-16-13)10-18-5-7-19-8-6-18/h3-4,9,11-12H,1-2,5-8,10H2,(H,17,20). The van der Waals surface area contributed by atoms with Crippen molar-refractivity contribution in [3.63, 3.8) is 0 Å². The van der Waals surface area contributed by atoms with Crippen LogP contribution in [-0.2, 0) is 4.74 Å². The van der Waals surface area contributed by atoms with Crippen molar-refractivity contribution in [3.05, 3.63) is 24.3 Å². The Morgan fingerprint density at radius 1 is 1.40 bits per heavy atom. The van der Waals surface area contributed by atoms with Crippen molar-refractivity contribution in [2.75, 3.05) is 32.8 Å². The van der Waals surface area contributed by atoms with Gasteiger partial charge in [-0.3, -0.25) is 14.9 Å². The van der Waals surface area contributed by atoms with Crippen molar-refractivity contribution in [3.8, 4) is 0 Å². The van der Waals surface area contributed by atoms with Crippen LogP contribution in [0.15, 0.2) is 18.6 Å². The molecule has 0 radical (unpaired) electrons. The van der Waals surface area contributed by atoms with Gasteiger partial charge in [0.2, 0.25) is 0 Å². The highest BCUT2D eigenvalue weighted by atomic mass is 32.1. The summed E-state index contributed by atoms with van der Waals surface area (Å²) >= 11 is 5.61. The molecule has 1 aromatic rings. The van der Waals surface area contributed by atoms with Crippen molar-refractivity contribution in [1.82, 2.24) is 20.2 Å². The van der Waals surface area contributed by atoms with Crippen LogP contribution in [-0.4, -0.2) is 58.7 Å². The van der Waals surface area contributed by atoms with Gasteiger partial charge in [0.05, 0.1) is 29.8 Å².